The fourth-order valence-corrected chi connectivity index (χ4v) is 2.30. The lowest BCUT2D eigenvalue weighted by molar-refractivity contribution is -0.118. The molecule has 3 N–H and O–H groups in total. The number of hydrogen-bond donors (Lipinski definition) is 2. The Balaban J connectivity index is 1.87. The zero-order valence-corrected chi connectivity index (χ0v) is 10.1. The zero-order valence-electron chi connectivity index (χ0n) is 9.32. The van der Waals surface area contributed by atoms with E-state index in [0.717, 1.165) is 23.4 Å². The van der Waals surface area contributed by atoms with E-state index < -0.39 is 0 Å². The van der Waals surface area contributed by atoms with Crippen LogP contribution in [0.15, 0.2) is 23.1 Å². The first-order valence-corrected chi connectivity index (χ1v) is 6.42. The Morgan fingerprint density at radius 3 is 3.00 bits per heavy atom. The first-order chi connectivity index (χ1) is 7.65. The van der Waals surface area contributed by atoms with Gasteiger partial charge in [0.1, 0.15) is 0 Å². The summed E-state index contributed by atoms with van der Waals surface area (Å²) in [5, 5.41) is 2.97. The minimum Gasteiger partial charge on any atom is -0.399 e. The van der Waals surface area contributed by atoms with E-state index in [-0.39, 0.29) is 5.91 Å². The fraction of sp³-hybridized carbons (Fsp3) is 0.417. The van der Waals surface area contributed by atoms with Crippen molar-refractivity contribution in [1.29, 1.82) is 0 Å². The van der Waals surface area contributed by atoms with Crippen molar-refractivity contribution >= 4 is 23.4 Å². The van der Waals surface area contributed by atoms with Crippen LogP contribution >= 0.6 is 11.8 Å². The third-order valence-corrected chi connectivity index (χ3v) is 3.67. The predicted molar refractivity (Wildman–Crippen MR) is 67.5 cm³/mol. The Morgan fingerprint density at radius 1 is 1.56 bits per heavy atom. The van der Waals surface area contributed by atoms with Crippen LogP contribution in [-0.2, 0) is 4.79 Å². The summed E-state index contributed by atoms with van der Waals surface area (Å²) in [6, 6.07) is 6.22. The second kappa shape index (κ2) is 4.78. The Labute approximate surface area is 99.8 Å². The van der Waals surface area contributed by atoms with Crippen LogP contribution in [0.2, 0.25) is 0 Å². The number of nitrogen functional groups attached to an aromatic ring is 1. The van der Waals surface area contributed by atoms with Crippen molar-refractivity contribution < 1.29 is 4.79 Å². The summed E-state index contributed by atoms with van der Waals surface area (Å²) >= 11 is 1.55. The molecule has 4 heteroatoms. The Kier molecular flexibility index (Phi) is 3.39. The van der Waals surface area contributed by atoms with E-state index in [1.165, 1.54) is 5.56 Å². The molecule has 2 rings (SSSR count). The normalized spacial score (nSPS) is 14.8. The summed E-state index contributed by atoms with van der Waals surface area (Å²) in [6.07, 6.45) is 2.27. The van der Waals surface area contributed by atoms with Crippen LogP contribution in [0, 0.1) is 6.92 Å². The Morgan fingerprint density at radius 2 is 2.31 bits per heavy atom. The van der Waals surface area contributed by atoms with Gasteiger partial charge in [0.25, 0.3) is 0 Å². The van der Waals surface area contributed by atoms with Crippen LogP contribution in [0.5, 0.6) is 0 Å². The number of carbonyl (C=O) groups excluding carboxylic acids is 1. The number of thioether (sulfide) groups is 1. The summed E-state index contributed by atoms with van der Waals surface area (Å²) in [4.78, 5) is 12.6. The van der Waals surface area contributed by atoms with Crippen LogP contribution in [0.4, 0.5) is 5.69 Å². The fourth-order valence-electron chi connectivity index (χ4n) is 1.41. The number of rotatable bonds is 4. The molecule has 86 valence electrons. The van der Waals surface area contributed by atoms with Crippen LogP contribution in [0.25, 0.3) is 0 Å². The van der Waals surface area contributed by atoms with Crippen LogP contribution in [0.1, 0.15) is 18.4 Å². The molecule has 0 aliphatic heterocycles. The monoisotopic (exact) mass is 236 g/mol. The Hall–Kier alpha value is -1.16. The molecule has 3 nitrogen and oxygen atoms in total. The average Bonchev–Trinajstić information content (AvgIpc) is 3.03. The highest BCUT2D eigenvalue weighted by Crippen LogP contribution is 2.25. The van der Waals surface area contributed by atoms with E-state index in [1.54, 1.807) is 11.8 Å². The molecule has 1 saturated carbocycles. The van der Waals surface area contributed by atoms with E-state index >= 15 is 0 Å². The van der Waals surface area contributed by atoms with E-state index in [4.69, 9.17) is 5.73 Å². The van der Waals surface area contributed by atoms with Gasteiger partial charge in [-0.15, -0.1) is 11.8 Å². The van der Waals surface area contributed by atoms with Gasteiger partial charge in [-0.1, -0.05) is 6.07 Å². The topological polar surface area (TPSA) is 55.1 Å². The van der Waals surface area contributed by atoms with E-state index in [9.17, 15) is 4.79 Å². The molecule has 1 aliphatic rings. The number of anilines is 1. The van der Waals surface area contributed by atoms with Crippen molar-refractivity contribution in [3.05, 3.63) is 23.8 Å². The van der Waals surface area contributed by atoms with Crippen molar-refractivity contribution in [2.75, 3.05) is 11.5 Å². The van der Waals surface area contributed by atoms with Crippen molar-refractivity contribution in [2.24, 2.45) is 0 Å². The summed E-state index contributed by atoms with van der Waals surface area (Å²) < 4.78 is 0. The number of benzene rings is 1. The number of aryl methyl sites for hydroxylation is 1. The van der Waals surface area contributed by atoms with Gasteiger partial charge in [-0.05, 0) is 37.5 Å². The van der Waals surface area contributed by atoms with Crippen LogP contribution < -0.4 is 11.1 Å². The molecule has 16 heavy (non-hydrogen) atoms. The third kappa shape index (κ3) is 3.17. The first-order valence-electron chi connectivity index (χ1n) is 5.43. The average molecular weight is 236 g/mol. The maximum absolute atomic E-state index is 11.5. The second-order valence-corrected chi connectivity index (χ2v) is 5.17. The lowest BCUT2D eigenvalue weighted by atomic mass is 10.2. The highest BCUT2D eigenvalue weighted by molar-refractivity contribution is 8.00. The minimum atomic E-state index is 0.120. The smallest absolute Gasteiger partial charge is 0.230 e. The summed E-state index contributed by atoms with van der Waals surface area (Å²) in [7, 11) is 0. The van der Waals surface area contributed by atoms with Gasteiger partial charge in [0.2, 0.25) is 5.91 Å². The molecule has 0 heterocycles. The molecule has 1 fully saturated rings. The lowest BCUT2D eigenvalue weighted by Crippen LogP contribution is -2.27. The largest absolute Gasteiger partial charge is 0.399 e. The van der Waals surface area contributed by atoms with Gasteiger partial charge in [0.15, 0.2) is 0 Å². The molecule has 0 atom stereocenters. The van der Waals surface area contributed by atoms with Gasteiger partial charge in [-0.3, -0.25) is 4.79 Å². The number of amides is 1. The quantitative estimate of drug-likeness (QED) is 0.620. The van der Waals surface area contributed by atoms with Gasteiger partial charge in [0.05, 0.1) is 5.75 Å². The lowest BCUT2D eigenvalue weighted by Gasteiger charge is -2.06. The predicted octanol–water partition coefficient (Wildman–Crippen LogP) is 1.95. The first kappa shape index (κ1) is 11.3. The number of nitrogens with one attached hydrogen (secondary N) is 1. The second-order valence-electron chi connectivity index (χ2n) is 4.16. The molecule has 1 aromatic rings. The third-order valence-electron chi connectivity index (χ3n) is 2.51. The molecule has 0 aromatic heterocycles. The van der Waals surface area contributed by atoms with Gasteiger partial charge in [0, 0.05) is 16.6 Å². The zero-order chi connectivity index (χ0) is 11.5. The van der Waals surface area contributed by atoms with Crippen LogP contribution in [-0.4, -0.2) is 17.7 Å². The van der Waals surface area contributed by atoms with Gasteiger partial charge < -0.3 is 11.1 Å². The highest BCUT2D eigenvalue weighted by atomic mass is 32.2. The Bertz CT molecular complexity index is 402. The molecule has 1 aromatic carbocycles. The molecule has 0 spiro atoms. The SMILES string of the molecule is Cc1ccc(N)cc1SCC(=O)NC1CC1. The standard InChI is InChI=1S/C12H16N2OS/c1-8-2-3-9(13)6-11(8)16-7-12(15)14-10-4-5-10/h2-3,6,10H,4-5,7,13H2,1H3,(H,14,15). The molecule has 0 unspecified atom stereocenters. The van der Waals surface area contributed by atoms with Crippen molar-refractivity contribution in [2.45, 2.75) is 30.7 Å². The van der Waals surface area contributed by atoms with E-state index in [1.807, 2.05) is 25.1 Å². The molecule has 0 saturated heterocycles. The molecule has 0 radical (unpaired) electrons. The van der Waals surface area contributed by atoms with Crippen molar-refractivity contribution in [3.63, 3.8) is 0 Å². The summed E-state index contributed by atoms with van der Waals surface area (Å²) in [6.45, 7) is 2.03. The molecular weight excluding hydrogens is 220 g/mol. The van der Waals surface area contributed by atoms with E-state index in [0.29, 0.717) is 11.8 Å². The van der Waals surface area contributed by atoms with Crippen LogP contribution in [0.3, 0.4) is 0 Å². The minimum absolute atomic E-state index is 0.120. The molecule has 1 aliphatic carbocycles. The summed E-state index contributed by atoms with van der Waals surface area (Å²) in [5.41, 5.74) is 7.62. The summed E-state index contributed by atoms with van der Waals surface area (Å²) in [5.74, 6) is 0.593. The molecule has 1 amide bonds. The number of hydrogen-bond acceptors (Lipinski definition) is 3. The van der Waals surface area contributed by atoms with Gasteiger partial charge in [-0.2, -0.15) is 0 Å². The number of nitrogens with two attached hydrogens (primary N) is 1. The van der Waals surface area contributed by atoms with E-state index in [2.05, 4.69) is 5.32 Å². The van der Waals surface area contributed by atoms with Crippen molar-refractivity contribution in [1.82, 2.24) is 5.32 Å². The van der Waals surface area contributed by atoms with Gasteiger partial charge in [-0.25, -0.2) is 0 Å². The number of carbonyl (C=O) groups is 1. The van der Waals surface area contributed by atoms with Gasteiger partial charge >= 0.3 is 0 Å². The van der Waals surface area contributed by atoms with Crippen molar-refractivity contribution in [3.8, 4) is 0 Å². The molecule has 0 bridgehead atoms. The maximum atomic E-state index is 11.5. The highest BCUT2D eigenvalue weighted by Gasteiger charge is 2.22. The maximum Gasteiger partial charge on any atom is 0.230 e. The molecular formula is C12H16N2OS.